The average Bonchev–Trinajstić information content (AvgIpc) is 3.23. The van der Waals surface area contributed by atoms with Crippen LogP contribution in [0.3, 0.4) is 0 Å². The first-order chi connectivity index (χ1) is 16.9. The van der Waals surface area contributed by atoms with Crippen molar-refractivity contribution in [3.05, 3.63) is 72.8 Å². The molecule has 2 aromatic rings. The lowest BCUT2D eigenvalue weighted by molar-refractivity contribution is -0.131. The molecule has 182 valence electrons. The van der Waals surface area contributed by atoms with Crippen LogP contribution < -0.4 is 10.2 Å². The number of hydrogen-bond acceptors (Lipinski definition) is 2. The van der Waals surface area contributed by atoms with Crippen molar-refractivity contribution in [1.29, 1.82) is 0 Å². The fourth-order valence-electron chi connectivity index (χ4n) is 8.45. The van der Waals surface area contributed by atoms with Crippen LogP contribution >= 0.6 is 0 Å². The van der Waals surface area contributed by atoms with Gasteiger partial charge in [-0.25, -0.2) is 0 Å². The Morgan fingerprint density at radius 1 is 0.857 bits per heavy atom. The van der Waals surface area contributed by atoms with E-state index in [1.807, 2.05) is 65.6 Å². The average molecular weight is 469 g/mol. The van der Waals surface area contributed by atoms with Gasteiger partial charge in [-0.2, -0.15) is 0 Å². The third-order valence-electron chi connectivity index (χ3n) is 10.2. The molecule has 7 atom stereocenters. The Bertz CT molecular complexity index is 1110. The van der Waals surface area contributed by atoms with Crippen molar-refractivity contribution in [3.63, 3.8) is 0 Å². The second-order valence-corrected chi connectivity index (χ2v) is 11.7. The van der Waals surface area contributed by atoms with E-state index in [0.29, 0.717) is 17.8 Å². The van der Waals surface area contributed by atoms with Gasteiger partial charge in [-0.3, -0.25) is 14.5 Å². The molecular formula is C31H36N2O2. The normalized spacial score (nSPS) is 37.5. The summed E-state index contributed by atoms with van der Waals surface area (Å²) in [6, 6.07) is 20.5. The van der Waals surface area contributed by atoms with Gasteiger partial charge in [0.1, 0.15) is 0 Å². The van der Waals surface area contributed by atoms with E-state index < -0.39 is 0 Å². The molecule has 1 aliphatic heterocycles. The highest BCUT2D eigenvalue weighted by Gasteiger charge is 2.61. The zero-order valence-corrected chi connectivity index (χ0v) is 20.8. The van der Waals surface area contributed by atoms with E-state index in [1.165, 1.54) is 0 Å². The standard InChI is InChI=1S/C31H36N2O2/c1-30-19-17-25-23(13-16-27-31(25,2)20-18-28(34)32-27)24(30)14-15-26(30)29(35)33(21-9-5-3-6-10-21)22-11-7-4-8-12-22/h3-12,18,20,23-27H,13-17,19H2,1-2H3,(H,32,34)/t23?,24?,25?,26?,27?,30-,31+/m0/s1. The van der Waals surface area contributed by atoms with Gasteiger partial charge in [0, 0.05) is 28.7 Å². The second kappa shape index (κ2) is 8.36. The minimum Gasteiger partial charge on any atom is -0.349 e. The van der Waals surface area contributed by atoms with Crippen molar-refractivity contribution >= 4 is 23.2 Å². The lowest BCUT2D eigenvalue weighted by Gasteiger charge is -2.58. The molecule has 0 spiro atoms. The van der Waals surface area contributed by atoms with Crippen LogP contribution in [-0.2, 0) is 9.59 Å². The number of anilines is 2. The lowest BCUT2D eigenvalue weighted by atomic mass is 9.48. The molecule has 35 heavy (non-hydrogen) atoms. The van der Waals surface area contributed by atoms with E-state index in [0.717, 1.165) is 49.9 Å². The van der Waals surface area contributed by atoms with Gasteiger partial charge in [-0.1, -0.05) is 56.3 Å². The van der Waals surface area contributed by atoms with Gasteiger partial charge < -0.3 is 5.32 Å². The lowest BCUT2D eigenvalue weighted by Crippen LogP contribution is -2.59. The zero-order valence-electron chi connectivity index (χ0n) is 20.8. The molecule has 2 aromatic carbocycles. The molecule has 4 nitrogen and oxygen atoms in total. The predicted octanol–water partition coefficient (Wildman–Crippen LogP) is 6.26. The number of amides is 2. The smallest absolute Gasteiger partial charge is 0.243 e. The van der Waals surface area contributed by atoms with E-state index in [2.05, 4.69) is 25.2 Å². The van der Waals surface area contributed by atoms with Crippen LogP contribution in [0.2, 0.25) is 0 Å². The fraction of sp³-hybridized carbons (Fsp3) is 0.484. The Morgan fingerprint density at radius 3 is 2.17 bits per heavy atom. The Kier molecular flexibility index (Phi) is 5.39. The SMILES string of the molecule is C[C@]12C=CC(=O)NC1CCC1C2CC[C@]2(C)C(C(=O)N(c3ccccc3)c3ccccc3)CCC12. The van der Waals surface area contributed by atoms with Crippen molar-refractivity contribution in [1.82, 2.24) is 5.32 Å². The summed E-state index contributed by atoms with van der Waals surface area (Å²) in [7, 11) is 0. The molecule has 4 heteroatoms. The number of nitrogens with one attached hydrogen (secondary N) is 1. The summed E-state index contributed by atoms with van der Waals surface area (Å²) in [6.45, 7) is 4.77. The molecular weight excluding hydrogens is 432 g/mol. The Morgan fingerprint density at radius 2 is 1.51 bits per heavy atom. The highest BCUT2D eigenvalue weighted by Crippen LogP contribution is 2.65. The maximum Gasteiger partial charge on any atom is 0.243 e. The topological polar surface area (TPSA) is 49.4 Å². The Balaban J connectivity index is 1.31. The van der Waals surface area contributed by atoms with Gasteiger partial charge in [-0.15, -0.1) is 0 Å². The quantitative estimate of drug-likeness (QED) is 0.578. The van der Waals surface area contributed by atoms with E-state index in [9.17, 15) is 9.59 Å². The third-order valence-corrected chi connectivity index (χ3v) is 10.2. The van der Waals surface area contributed by atoms with Gasteiger partial charge in [0.25, 0.3) is 0 Å². The number of nitrogens with zero attached hydrogens (tertiary/aromatic N) is 1. The van der Waals surface area contributed by atoms with E-state index >= 15 is 0 Å². The molecule has 6 rings (SSSR count). The highest BCUT2D eigenvalue weighted by molar-refractivity contribution is 6.02. The van der Waals surface area contributed by atoms with Crippen LogP contribution in [0.15, 0.2) is 72.8 Å². The summed E-state index contributed by atoms with van der Waals surface area (Å²) in [5.41, 5.74) is 1.94. The first kappa shape index (κ1) is 22.6. The number of rotatable bonds is 3. The van der Waals surface area contributed by atoms with Crippen molar-refractivity contribution in [2.45, 2.75) is 58.4 Å². The first-order valence-corrected chi connectivity index (χ1v) is 13.4. The monoisotopic (exact) mass is 468 g/mol. The molecule has 2 amide bonds. The zero-order chi connectivity index (χ0) is 24.2. The number of hydrogen-bond donors (Lipinski definition) is 1. The number of para-hydroxylation sites is 2. The van der Waals surface area contributed by atoms with Gasteiger partial charge in [-0.05, 0) is 92.0 Å². The van der Waals surface area contributed by atoms with Crippen molar-refractivity contribution in [2.24, 2.45) is 34.5 Å². The molecule has 1 heterocycles. The fourth-order valence-corrected chi connectivity index (χ4v) is 8.45. The van der Waals surface area contributed by atoms with Crippen molar-refractivity contribution < 1.29 is 9.59 Å². The summed E-state index contributed by atoms with van der Waals surface area (Å²) < 4.78 is 0. The minimum absolute atomic E-state index is 0.0187. The number of carbonyl (C=O) groups excluding carboxylic acids is 2. The van der Waals surface area contributed by atoms with Crippen LogP contribution in [0.4, 0.5) is 11.4 Å². The predicted molar refractivity (Wildman–Crippen MR) is 139 cm³/mol. The maximum atomic E-state index is 14.4. The van der Waals surface area contributed by atoms with E-state index in [-0.39, 0.29) is 34.6 Å². The van der Waals surface area contributed by atoms with Gasteiger partial charge >= 0.3 is 0 Å². The third kappa shape index (κ3) is 3.48. The molecule has 3 fully saturated rings. The number of carbonyl (C=O) groups is 2. The number of benzene rings is 2. The molecule has 3 aliphatic carbocycles. The van der Waals surface area contributed by atoms with Crippen LogP contribution in [0.1, 0.15) is 52.4 Å². The van der Waals surface area contributed by atoms with E-state index in [1.54, 1.807) is 6.08 Å². The molecule has 0 radical (unpaired) electrons. The molecule has 1 N–H and O–H groups in total. The largest absolute Gasteiger partial charge is 0.349 e. The van der Waals surface area contributed by atoms with Crippen LogP contribution in [0, 0.1) is 34.5 Å². The van der Waals surface area contributed by atoms with Gasteiger partial charge in [0.15, 0.2) is 0 Å². The van der Waals surface area contributed by atoms with Crippen LogP contribution in [-0.4, -0.2) is 17.9 Å². The molecule has 3 saturated carbocycles. The maximum absolute atomic E-state index is 14.4. The Hall–Kier alpha value is -2.88. The summed E-state index contributed by atoms with van der Waals surface area (Å²) >= 11 is 0. The van der Waals surface area contributed by atoms with Gasteiger partial charge in [0.2, 0.25) is 11.8 Å². The van der Waals surface area contributed by atoms with Crippen LogP contribution in [0.5, 0.6) is 0 Å². The van der Waals surface area contributed by atoms with Gasteiger partial charge in [0.05, 0.1) is 0 Å². The van der Waals surface area contributed by atoms with Crippen molar-refractivity contribution in [3.8, 4) is 0 Å². The van der Waals surface area contributed by atoms with E-state index in [4.69, 9.17) is 0 Å². The minimum atomic E-state index is 0.0187. The molecule has 5 unspecified atom stereocenters. The summed E-state index contributed by atoms with van der Waals surface area (Å²) in [4.78, 5) is 28.4. The summed E-state index contributed by atoms with van der Waals surface area (Å²) in [5.74, 6) is 2.09. The molecule has 0 bridgehead atoms. The highest BCUT2D eigenvalue weighted by atomic mass is 16.2. The Labute approximate surface area is 208 Å². The molecule has 0 aromatic heterocycles. The molecule has 0 saturated heterocycles. The first-order valence-electron chi connectivity index (χ1n) is 13.4. The molecule has 4 aliphatic rings. The second-order valence-electron chi connectivity index (χ2n) is 11.7. The summed E-state index contributed by atoms with van der Waals surface area (Å²) in [6.07, 6.45) is 10.5. The number of fused-ring (bicyclic) bond motifs is 5. The summed E-state index contributed by atoms with van der Waals surface area (Å²) in [5, 5.41) is 3.25. The van der Waals surface area contributed by atoms with Crippen molar-refractivity contribution in [2.75, 3.05) is 4.90 Å². The van der Waals surface area contributed by atoms with Crippen LogP contribution in [0.25, 0.3) is 0 Å².